The standard InChI is InChI=1S/C18H17ClN2O2S/c1-12-3-5-13(6-4-12)17(22)20-18-21(9-10-23-2)15-8-7-14(19)11-16(15)24-18/h3-8,11H,9-10H2,1-2H3. The van der Waals surface area contributed by atoms with Crippen molar-refractivity contribution in [3.63, 3.8) is 0 Å². The fourth-order valence-electron chi connectivity index (χ4n) is 2.38. The van der Waals surface area contributed by atoms with Crippen molar-refractivity contribution in [3.8, 4) is 0 Å². The quantitative estimate of drug-likeness (QED) is 0.704. The topological polar surface area (TPSA) is 43.6 Å². The molecule has 2 aromatic carbocycles. The fraction of sp³-hybridized carbons (Fsp3) is 0.222. The molecule has 124 valence electrons. The Morgan fingerprint density at radius 2 is 2.00 bits per heavy atom. The van der Waals surface area contributed by atoms with E-state index >= 15 is 0 Å². The van der Waals surface area contributed by atoms with Crippen molar-refractivity contribution in [2.45, 2.75) is 13.5 Å². The van der Waals surface area contributed by atoms with E-state index in [4.69, 9.17) is 16.3 Å². The lowest BCUT2D eigenvalue weighted by Gasteiger charge is -2.04. The van der Waals surface area contributed by atoms with Crippen LogP contribution in [-0.4, -0.2) is 24.2 Å². The molecule has 0 saturated heterocycles. The number of ether oxygens (including phenoxy) is 1. The van der Waals surface area contributed by atoms with Crippen LogP contribution in [0.25, 0.3) is 10.2 Å². The minimum atomic E-state index is -0.251. The first-order valence-corrected chi connectivity index (χ1v) is 8.71. The highest BCUT2D eigenvalue weighted by Crippen LogP contribution is 2.22. The number of carbonyl (C=O) groups is 1. The third kappa shape index (κ3) is 3.59. The molecule has 0 aliphatic heterocycles. The number of benzene rings is 2. The monoisotopic (exact) mass is 360 g/mol. The lowest BCUT2D eigenvalue weighted by atomic mass is 10.1. The summed E-state index contributed by atoms with van der Waals surface area (Å²) in [4.78, 5) is 17.4. The molecule has 0 spiro atoms. The summed E-state index contributed by atoms with van der Waals surface area (Å²) in [6.45, 7) is 3.15. The summed E-state index contributed by atoms with van der Waals surface area (Å²) in [7, 11) is 1.65. The van der Waals surface area contributed by atoms with Gasteiger partial charge in [0.1, 0.15) is 0 Å². The number of rotatable bonds is 4. The van der Waals surface area contributed by atoms with E-state index in [2.05, 4.69) is 4.99 Å². The van der Waals surface area contributed by atoms with Crippen LogP contribution in [0.4, 0.5) is 0 Å². The van der Waals surface area contributed by atoms with Crippen molar-refractivity contribution in [1.29, 1.82) is 0 Å². The summed E-state index contributed by atoms with van der Waals surface area (Å²) in [5, 5.41) is 0.666. The number of fused-ring (bicyclic) bond motifs is 1. The third-order valence-electron chi connectivity index (χ3n) is 3.66. The van der Waals surface area contributed by atoms with Gasteiger partial charge in [0.25, 0.3) is 5.91 Å². The van der Waals surface area contributed by atoms with E-state index in [-0.39, 0.29) is 5.91 Å². The predicted octanol–water partition coefficient (Wildman–Crippen LogP) is 4.05. The Hall–Kier alpha value is -1.95. The van der Waals surface area contributed by atoms with Gasteiger partial charge in [0.05, 0.1) is 16.8 Å². The molecule has 0 N–H and O–H groups in total. The number of thiazole rings is 1. The van der Waals surface area contributed by atoms with Crippen molar-refractivity contribution >= 4 is 39.1 Å². The van der Waals surface area contributed by atoms with Crippen molar-refractivity contribution in [1.82, 2.24) is 4.57 Å². The first kappa shape index (κ1) is 16.9. The molecule has 0 radical (unpaired) electrons. The molecular formula is C18H17ClN2O2S. The van der Waals surface area contributed by atoms with Crippen molar-refractivity contribution in [3.05, 3.63) is 63.4 Å². The van der Waals surface area contributed by atoms with Crippen LogP contribution in [0, 0.1) is 6.92 Å². The molecule has 1 heterocycles. The number of nitrogens with zero attached hydrogens (tertiary/aromatic N) is 2. The summed E-state index contributed by atoms with van der Waals surface area (Å²) >= 11 is 7.53. The summed E-state index contributed by atoms with van der Waals surface area (Å²) < 4.78 is 8.16. The van der Waals surface area contributed by atoms with Gasteiger partial charge in [0.15, 0.2) is 4.80 Å². The number of halogens is 1. The number of amides is 1. The lowest BCUT2D eigenvalue weighted by molar-refractivity contribution is 0.0997. The SMILES string of the molecule is COCCn1c(=NC(=O)c2ccc(C)cc2)sc2cc(Cl)ccc21. The highest BCUT2D eigenvalue weighted by molar-refractivity contribution is 7.16. The molecule has 6 heteroatoms. The maximum Gasteiger partial charge on any atom is 0.279 e. The number of aromatic nitrogens is 1. The average Bonchev–Trinajstić information content (AvgIpc) is 2.89. The molecule has 0 atom stereocenters. The van der Waals surface area contributed by atoms with Crippen LogP contribution >= 0.6 is 22.9 Å². The molecule has 3 aromatic rings. The molecule has 0 bridgehead atoms. The summed E-state index contributed by atoms with van der Waals surface area (Å²) in [6.07, 6.45) is 0. The second-order valence-corrected chi connectivity index (χ2v) is 6.87. The minimum Gasteiger partial charge on any atom is -0.383 e. The minimum absolute atomic E-state index is 0.251. The highest BCUT2D eigenvalue weighted by atomic mass is 35.5. The van der Waals surface area contributed by atoms with Gasteiger partial charge in [-0.2, -0.15) is 4.99 Å². The second-order valence-electron chi connectivity index (χ2n) is 5.42. The number of carbonyl (C=O) groups excluding carboxylic acids is 1. The number of methoxy groups -OCH3 is 1. The molecule has 0 aliphatic carbocycles. The van der Waals surface area contributed by atoms with Crippen LogP contribution < -0.4 is 4.80 Å². The van der Waals surface area contributed by atoms with Crippen molar-refractivity contribution in [2.24, 2.45) is 4.99 Å². The van der Waals surface area contributed by atoms with Gasteiger partial charge in [-0.1, -0.05) is 40.6 Å². The maximum atomic E-state index is 12.5. The Morgan fingerprint density at radius 1 is 1.25 bits per heavy atom. The molecule has 24 heavy (non-hydrogen) atoms. The van der Waals surface area contributed by atoms with Crippen LogP contribution in [-0.2, 0) is 11.3 Å². The van der Waals surface area contributed by atoms with E-state index in [9.17, 15) is 4.79 Å². The molecule has 0 fully saturated rings. The first-order valence-electron chi connectivity index (χ1n) is 7.52. The number of hydrogen-bond donors (Lipinski definition) is 0. The zero-order valence-corrected chi connectivity index (χ0v) is 15.0. The van der Waals surface area contributed by atoms with Gasteiger partial charge in [-0.25, -0.2) is 0 Å². The Kier molecular flexibility index (Phi) is 5.14. The number of hydrogen-bond acceptors (Lipinski definition) is 3. The van der Waals surface area contributed by atoms with E-state index in [1.807, 2.05) is 41.8 Å². The summed E-state index contributed by atoms with van der Waals surface area (Å²) in [5.41, 5.74) is 2.68. The molecule has 1 amide bonds. The van der Waals surface area contributed by atoms with Crippen LogP contribution in [0.1, 0.15) is 15.9 Å². The summed E-state index contributed by atoms with van der Waals surface area (Å²) in [5.74, 6) is -0.251. The largest absolute Gasteiger partial charge is 0.383 e. The van der Waals surface area contributed by atoms with E-state index in [0.717, 1.165) is 15.8 Å². The molecule has 0 aliphatic rings. The normalized spacial score (nSPS) is 12.0. The van der Waals surface area contributed by atoms with E-state index < -0.39 is 0 Å². The first-order chi connectivity index (χ1) is 11.6. The maximum absolute atomic E-state index is 12.5. The smallest absolute Gasteiger partial charge is 0.279 e. The molecular weight excluding hydrogens is 344 g/mol. The van der Waals surface area contributed by atoms with Crippen LogP contribution in [0.15, 0.2) is 47.5 Å². The van der Waals surface area contributed by atoms with Gasteiger partial charge < -0.3 is 9.30 Å². The molecule has 0 unspecified atom stereocenters. The molecule has 4 nitrogen and oxygen atoms in total. The highest BCUT2D eigenvalue weighted by Gasteiger charge is 2.09. The second kappa shape index (κ2) is 7.30. The van der Waals surface area contributed by atoms with Crippen molar-refractivity contribution in [2.75, 3.05) is 13.7 Å². The van der Waals surface area contributed by atoms with Gasteiger partial charge >= 0.3 is 0 Å². The molecule has 0 saturated carbocycles. The third-order valence-corrected chi connectivity index (χ3v) is 4.94. The van der Waals surface area contributed by atoms with Gasteiger partial charge in [-0.15, -0.1) is 0 Å². The van der Waals surface area contributed by atoms with Crippen LogP contribution in [0.2, 0.25) is 5.02 Å². The lowest BCUT2D eigenvalue weighted by Crippen LogP contribution is -2.19. The number of aryl methyl sites for hydroxylation is 1. The zero-order chi connectivity index (χ0) is 17.1. The Bertz CT molecular complexity index is 942. The Labute approximate surface area is 149 Å². The van der Waals surface area contributed by atoms with E-state index in [1.54, 1.807) is 19.2 Å². The van der Waals surface area contributed by atoms with Gasteiger partial charge in [-0.3, -0.25) is 4.79 Å². The van der Waals surface area contributed by atoms with Crippen LogP contribution in [0.3, 0.4) is 0 Å². The average molecular weight is 361 g/mol. The molecule has 3 rings (SSSR count). The molecule has 1 aromatic heterocycles. The van der Waals surface area contributed by atoms with E-state index in [1.165, 1.54) is 11.3 Å². The fourth-order valence-corrected chi connectivity index (χ4v) is 3.71. The Balaban J connectivity index is 2.09. The van der Waals surface area contributed by atoms with Gasteiger partial charge in [0, 0.05) is 24.2 Å². The predicted molar refractivity (Wildman–Crippen MR) is 97.8 cm³/mol. The van der Waals surface area contributed by atoms with Gasteiger partial charge in [-0.05, 0) is 37.3 Å². The van der Waals surface area contributed by atoms with Crippen LogP contribution in [0.5, 0.6) is 0 Å². The van der Waals surface area contributed by atoms with Crippen molar-refractivity contribution < 1.29 is 9.53 Å². The van der Waals surface area contributed by atoms with E-state index in [0.29, 0.717) is 28.5 Å². The van der Waals surface area contributed by atoms with Gasteiger partial charge in [0.2, 0.25) is 0 Å². The zero-order valence-electron chi connectivity index (χ0n) is 13.5. The Morgan fingerprint density at radius 3 is 2.71 bits per heavy atom. The summed E-state index contributed by atoms with van der Waals surface area (Å²) in [6, 6.07) is 13.1.